The van der Waals surface area contributed by atoms with Gasteiger partial charge in [0.25, 0.3) is 11.6 Å². The molecular weight excluding hydrogens is 378 g/mol. The van der Waals surface area contributed by atoms with Crippen molar-refractivity contribution < 1.29 is 24.0 Å². The summed E-state index contributed by atoms with van der Waals surface area (Å²) in [5.74, 6) is -0.703. The second-order valence-electron chi connectivity index (χ2n) is 7.57. The van der Waals surface area contributed by atoms with Crippen LogP contribution in [-0.4, -0.2) is 55.8 Å². The first-order valence-electron chi connectivity index (χ1n) is 10.0. The van der Waals surface area contributed by atoms with Gasteiger partial charge in [0.15, 0.2) is 6.61 Å². The SMILES string of the molecule is C[C@H]1CCCC[C@@H]1NC(=O)COC(=O)c1cc([N+](=O)[O-])ccc1N1CCOCC1. The van der Waals surface area contributed by atoms with Crippen LogP contribution in [0.25, 0.3) is 0 Å². The molecule has 9 nitrogen and oxygen atoms in total. The van der Waals surface area contributed by atoms with Gasteiger partial charge in [0.1, 0.15) is 0 Å². The van der Waals surface area contributed by atoms with Crippen molar-refractivity contribution in [2.75, 3.05) is 37.8 Å². The number of anilines is 1. The summed E-state index contributed by atoms with van der Waals surface area (Å²) in [6, 6.07) is 4.20. The van der Waals surface area contributed by atoms with Crippen molar-refractivity contribution in [1.29, 1.82) is 0 Å². The van der Waals surface area contributed by atoms with Gasteiger partial charge in [-0.25, -0.2) is 4.79 Å². The summed E-state index contributed by atoms with van der Waals surface area (Å²) in [5, 5.41) is 14.1. The highest BCUT2D eigenvalue weighted by molar-refractivity contribution is 5.97. The molecule has 1 amide bonds. The number of carbonyl (C=O) groups excluding carboxylic acids is 2. The number of hydrogen-bond donors (Lipinski definition) is 1. The molecule has 1 saturated heterocycles. The molecule has 1 aliphatic carbocycles. The standard InChI is InChI=1S/C20H27N3O6/c1-14-4-2-3-5-17(14)21-19(24)13-29-20(25)16-12-15(23(26)27)6-7-18(16)22-8-10-28-11-9-22/h6-7,12,14,17H,2-5,8-11,13H2,1H3,(H,21,24)/t14-,17-/m0/s1. The van der Waals surface area contributed by atoms with E-state index in [0.29, 0.717) is 37.9 Å². The second-order valence-corrected chi connectivity index (χ2v) is 7.57. The highest BCUT2D eigenvalue weighted by Gasteiger charge is 2.25. The Morgan fingerprint density at radius 2 is 2.00 bits per heavy atom. The number of non-ortho nitro benzene ring substituents is 1. The highest BCUT2D eigenvalue weighted by atomic mass is 16.6. The van der Waals surface area contributed by atoms with E-state index in [1.165, 1.54) is 18.6 Å². The molecule has 0 spiro atoms. The number of ether oxygens (including phenoxy) is 2. The van der Waals surface area contributed by atoms with Gasteiger partial charge in [-0.1, -0.05) is 19.8 Å². The minimum absolute atomic E-state index is 0.0833. The summed E-state index contributed by atoms with van der Waals surface area (Å²) >= 11 is 0. The Morgan fingerprint density at radius 1 is 1.28 bits per heavy atom. The number of morpholine rings is 1. The van der Waals surface area contributed by atoms with Crippen molar-refractivity contribution in [3.63, 3.8) is 0 Å². The lowest BCUT2D eigenvalue weighted by molar-refractivity contribution is -0.384. The van der Waals surface area contributed by atoms with Gasteiger partial charge < -0.3 is 19.7 Å². The lowest BCUT2D eigenvalue weighted by atomic mass is 9.86. The third-order valence-electron chi connectivity index (χ3n) is 5.55. The topological polar surface area (TPSA) is 111 Å². The van der Waals surface area contributed by atoms with E-state index in [2.05, 4.69) is 12.2 Å². The number of amides is 1. The Morgan fingerprint density at radius 3 is 2.69 bits per heavy atom. The zero-order valence-electron chi connectivity index (χ0n) is 16.6. The molecule has 0 unspecified atom stereocenters. The predicted molar refractivity (Wildman–Crippen MR) is 106 cm³/mol. The predicted octanol–water partition coefficient (Wildman–Crippen LogP) is 2.28. The Balaban J connectivity index is 1.67. The van der Waals surface area contributed by atoms with Crippen LogP contribution < -0.4 is 10.2 Å². The Kier molecular flexibility index (Phi) is 7.03. The Labute approximate surface area is 169 Å². The lowest BCUT2D eigenvalue weighted by Crippen LogP contribution is -2.43. The normalized spacial score (nSPS) is 22.0. The number of nitro benzene ring substituents is 1. The fourth-order valence-corrected chi connectivity index (χ4v) is 3.87. The van der Waals surface area contributed by atoms with Crippen LogP contribution in [0.1, 0.15) is 43.0 Å². The molecule has 1 aromatic rings. The Hall–Kier alpha value is -2.68. The van der Waals surface area contributed by atoms with E-state index < -0.39 is 17.5 Å². The van der Waals surface area contributed by atoms with E-state index in [9.17, 15) is 19.7 Å². The van der Waals surface area contributed by atoms with Crippen LogP contribution in [0.4, 0.5) is 11.4 Å². The molecule has 1 heterocycles. The largest absolute Gasteiger partial charge is 0.452 e. The van der Waals surface area contributed by atoms with E-state index in [4.69, 9.17) is 9.47 Å². The van der Waals surface area contributed by atoms with Gasteiger partial charge in [0.05, 0.1) is 29.4 Å². The lowest BCUT2D eigenvalue weighted by Gasteiger charge is -2.30. The molecule has 9 heteroatoms. The summed E-state index contributed by atoms with van der Waals surface area (Å²) in [4.78, 5) is 37.4. The molecule has 3 rings (SSSR count). The van der Waals surface area contributed by atoms with Crippen molar-refractivity contribution in [2.45, 2.75) is 38.6 Å². The molecule has 0 aromatic heterocycles. The van der Waals surface area contributed by atoms with Gasteiger partial charge in [-0.2, -0.15) is 0 Å². The molecule has 29 heavy (non-hydrogen) atoms. The summed E-state index contributed by atoms with van der Waals surface area (Å²) < 4.78 is 10.5. The average Bonchev–Trinajstić information content (AvgIpc) is 2.74. The van der Waals surface area contributed by atoms with Crippen molar-refractivity contribution in [2.24, 2.45) is 5.92 Å². The van der Waals surface area contributed by atoms with E-state index in [1.807, 2.05) is 4.90 Å². The summed E-state index contributed by atoms with van der Waals surface area (Å²) in [7, 11) is 0. The first-order valence-corrected chi connectivity index (χ1v) is 10.0. The van der Waals surface area contributed by atoms with Crippen LogP contribution in [0.2, 0.25) is 0 Å². The maximum Gasteiger partial charge on any atom is 0.341 e. The number of rotatable bonds is 6. The summed E-state index contributed by atoms with van der Waals surface area (Å²) in [6.45, 7) is 3.85. The van der Waals surface area contributed by atoms with Gasteiger partial charge >= 0.3 is 5.97 Å². The van der Waals surface area contributed by atoms with Crippen molar-refractivity contribution in [3.05, 3.63) is 33.9 Å². The molecular formula is C20H27N3O6. The zero-order chi connectivity index (χ0) is 20.8. The molecule has 2 fully saturated rings. The molecule has 0 bridgehead atoms. The number of nitro groups is 1. The maximum atomic E-state index is 12.7. The zero-order valence-corrected chi connectivity index (χ0v) is 16.6. The van der Waals surface area contributed by atoms with E-state index in [0.717, 1.165) is 19.3 Å². The summed E-state index contributed by atoms with van der Waals surface area (Å²) in [6.07, 6.45) is 4.24. The molecule has 1 N–H and O–H groups in total. The first-order chi connectivity index (χ1) is 14.0. The molecule has 0 radical (unpaired) electrons. The fourth-order valence-electron chi connectivity index (χ4n) is 3.87. The van der Waals surface area contributed by atoms with Gasteiger partial charge in [0, 0.05) is 31.3 Å². The molecule has 1 aliphatic heterocycles. The average molecular weight is 405 g/mol. The van der Waals surface area contributed by atoms with Crippen molar-refractivity contribution in [3.8, 4) is 0 Å². The molecule has 158 valence electrons. The first kappa shape index (κ1) is 21.0. The van der Waals surface area contributed by atoms with Gasteiger partial charge in [-0.15, -0.1) is 0 Å². The molecule has 1 aromatic carbocycles. The van der Waals surface area contributed by atoms with Crippen LogP contribution in [0.15, 0.2) is 18.2 Å². The quantitative estimate of drug-likeness (QED) is 0.439. The third-order valence-corrected chi connectivity index (χ3v) is 5.55. The number of nitrogens with one attached hydrogen (secondary N) is 1. The molecule has 2 aliphatic rings. The van der Waals surface area contributed by atoms with Crippen LogP contribution in [0.3, 0.4) is 0 Å². The van der Waals surface area contributed by atoms with Crippen molar-refractivity contribution in [1.82, 2.24) is 5.32 Å². The van der Waals surface area contributed by atoms with E-state index in [1.54, 1.807) is 6.07 Å². The summed E-state index contributed by atoms with van der Waals surface area (Å²) in [5.41, 5.74) is 0.430. The van der Waals surface area contributed by atoms with Gasteiger partial charge in [0.2, 0.25) is 0 Å². The number of hydrogen-bond acceptors (Lipinski definition) is 7. The number of esters is 1. The number of nitrogens with zero attached hydrogens (tertiary/aromatic N) is 2. The van der Waals surface area contributed by atoms with E-state index >= 15 is 0 Å². The van der Waals surface area contributed by atoms with Crippen molar-refractivity contribution >= 4 is 23.3 Å². The van der Waals surface area contributed by atoms with Gasteiger partial charge in [-0.3, -0.25) is 14.9 Å². The molecule has 1 saturated carbocycles. The third kappa shape index (κ3) is 5.44. The number of carbonyl (C=O) groups is 2. The maximum absolute atomic E-state index is 12.7. The van der Waals surface area contributed by atoms with Crippen LogP contribution >= 0.6 is 0 Å². The monoisotopic (exact) mass is 405 g/mol. The second kappa shape index (κ2) is 9.69. The highest BCUT2D eigenvalue weighted by Crippen LogP contribution is 2.27. The van der Waals surface area contributed by atoms with Crippen LogP contribution in [-0.2, 0) is 14.3 Å². The van der Waals surface area contributed by atoms with Crippen LogP contribution in [0.5, 0.6) is 0 Å². The number of benzene rings is 1. The van der Waals surface area contributed by atoms with Gasteiger partial charge in [-0.05, 0) is 24.8 Å². The van der Waals surface area contributed by atoms with E-state index in [-0.39, 0.29) is 23.2 Å². The smallest absolute Gasteiger partial charge is 0.341 e. The fraction of sp³-hybridized carbons (Fsp3) is 0.600. The molecule has 2 atom stereocenters. The Bertz CT molecular complexity index is 763. The minimum atomic E-state index is -0.748. The van der Waals surface area contributed by atoms with Crippen LogP contribution in [0, 0.1) is 16.0 Å². The minimum Gasteiger partial charge on any atom is -0.452 e.